The molecule has 1 aliphatic rings. The highest BCUT2D eigenvalue weighted by molar-refractivity contribution is 5.73. The third-order valence-electron chi connectivity index (χ3n) is 2.33. The molecular weight excluding hydrogens is 204 g/mol. The first-order valence-electron chi connectivity index (χ1n) is 4.62. The molecule has 1 heterocycles. The van der Waals surface area contributed by atoms with E-state index >= 15 is 0 Å². The summed E-state index contributed by atoms with van der Waals surface area (Å²) < 4.78 is 5.03. The van der Waals surface area contributed by atoms with Crippen LogP contribution in [0.1, 0.15) is 6.92 Å². The van der Waals surface area contributed by atoms with E-state index < -0.39 is 37.2 Å². The third kappa shape index (κ3) is 2.64. The summed E-state index contributed by atoms with van der Waals surface area (Å²) >= 11 is 0. The maximum absolute atomic E-state index is 10.8. The van der Waals surface area contributed by atoms with Crippen molar-refractivity contribution in [3.8, 4) is 0 Å². The molecule has 0 spiro atoms. The van der Waals surface area contributed by atoms with Crippen LogP contribution < -0.4 is 11.1 Å². The Kier molecular flexibility index (Phi) is 4.00. The van der Waals surface area contributed by atoms with Crippen molar-refractivity contribution in [2.45, 2.75) is 37.5 Å². The van der Waals surface area contributed by atoms with Gasteiger partial charge in [0.15, 0.2) is 0 Å². The van der Waals surface area contributed by atoms with Crippen LogP contribution >= 0.6 is 0 Å². The number of hydrogen-bond donors (Lipinski definition) is 5. The topological polar surface area (TPSA) is 125 Å². The molecule has 0 radical (unpaired) electrons. The van der Waals surface area contributed by atoms with Crippen LogP contribution in [0.2, 0.25) is 0 Å². The summed E-state index contributed by atoms with van der Waals surface area (Å²) in [7, 11) is 0. The van der Waals surface area contributed by atoms with Crippen molar-refractivity contribution in [1.82, 2.24) is 5.32 Å². The smallest absolute Gasteiger partial charge is 0.217 e. The van der Waals surface area contributed by atoms with E-state index in [9.17, 15) is 15.0 Å². The number of aliphatic hydroxyl groups is 3. The van der Waals surface area contributed by atoms with E-state index in [-0.39, 0.29) is 5.91 Å². The van der Waals surface area contributed by atoms with Crippen molar-refractivity contribution in [2.75, 3.05) is 6.61 Å². The van der Waals surface area contributed by atoms with Crippen LogP contribution in [0, 0.1) is 0 Å². The van der Waals surface area contributed by atoms with Gasteiger partial charge in [0.05, 0.1) is 12.6 Å². The standard InChI is InChI=1S/C8H16N2O5/c1-3(12)10-5-7(14)6(13)4(2-11)15-8(5)9/h4-8,11,13-14H,2,9H2,1H3,(H,10,12)/t4?,5?,6-,7?,8-/m1/s1. The van der Waals surface area contributed by atoms with Gasteiger partial charge < -0.3 is 31.1 Å². The van der Waals surface area contributed by atoms with Gasteiger partial charge in [0.1, 0.15) is 24.5 Å². The highest BCUT2D eigenvalue weighted by Crippen LogP contribution is 2.18. The molecule has 1 rings (SSSR count). The summed E-state index contributed by atoms with van der Waals surface area (Å²) in [6.07, 6.45) is -4.41. The summed E-state index contributed by atoms with van der Waals surface area (Å²) in [5.41, 5.74) is 5.53. The predicted octanol–water partition coefficient (Wildman–Crippen LogP) is -3.11. The third-order valence-corrected chi connectivity index (χ3v) is 2.33. The lowest BCUT2D eigenvalue weighted by Gasteiger charge is -2.40. The maximum Gasteiger partial charge on any atom is 0.217 e. The van der Waals surface area contributed by atoms with Gasteiger partial charge in [-0.25, -0.2) is 0 Å². The molecule has 0 aromatic carbocycles. The van der Waals surface area contributed by atoms with E-state index in [0.29, 0.717) is 0 Å². The molecule has 88 valence electrons. The van der Waals surface area contributed by atoms with E-state index in [1.165, 1.54) is 6.92 Å². The molecule has 1 fully saturated rings. The molecule has 7 nitrogen and oxygen atoms in total. The van der Waals surface area contributed by atoms with E-state index in [1.54, 1.807) is 0 Å². The average molecular weight is 220 g/mol. The van der Waals surface area contributed by atoms with Crippen LogP contribution in [0.15, 0.2) is 0 Å². The Morgan fingerprint density at radius 1 is 1.47 bits per heavy atom. The van der Waals surface area contributed by atoms with Crippen molar-refractivity contribution in [3.63, 3.8) is 0 Å². The van der Waals surface area contributed by atoms with Gasteiger partial charge in [-0.05, 0) is 0 Å². The van der Waals surface area contributed by atoms with Crippen molar-refractivity contribution in [1.29, 1.82) is 0 Å². The highest BCUT2D eigenvalue weighted by Gasteiger charge is 2.42. The van der Waals surface area contributed by atoms with Crippen LogP contribution in [0.4, 0.5) is 0 Å². The Morgan fingerprint density at radius 3 is 2.53 bits per heavy atom. The van der Waals surface area contributed by atoms with Gasteiger partial charge in [-0.1, -0.05) is 0 Å². The number of ether oxygens (including phenoxy) is 1. The zero-order valence-electron chi connectivity index (χ0n) is 8.33. The maximum atomic E-state index is 10.8. The number of carbonyl (C=O) groups is 1. The van der Waals surface area contributed by atoms with Crippen molar-refractivity contribution in [3.05, 3.63) is 0 Å². The molecule has 1 aliphatic heterocycles. The second-order valence-corrected chi connectivity index (χ2v) is 3.53. The van der Waals surface area contributed by atoms with Crippen LogP contribution in [0.5, 0.6) is 0 Å². The molecule has 0 saturated carbocycles. The van der Waals surface area contributed by atoms with Crippen molar-refractivity contribution < 1.29 is 24.9 Å². The van der Waals surface area contributed by atoms with Gasteiger partial charge in [-0.3, -0.25) is 4.79 Å². The van der Waals surface area contributed by atoms with Crippen LogP contribution in [0.25, 0.3) is 0 Å². The normalized spacial score (nSPS) is 41.3. The molecular formula is C8H16N2O5. The van der Waals surface area contributed by atoms with Crippen molar-refractivity contribution >= 4 is 5.91 Å². The Labute approximate surface area is 86.8 Å². The van der Waals surface area contributed by atoms with Gasteiger partial charge in [0.2, 0.25) is 5.91 Å². The number of carbonyl (C=O) groups excluding carboxylic acids is 1. The van der Waals surface area contributed by atoms with Crippen LogP contribution in [-0.2, 0) is 9.53 Å². The largest absolute Gasteiger partial charge is 0.394 e. The number of nitrogens with one attached hydrogen (secondary N) is 1. The van der Waals surface area contributed by atoms with Gasteiger partial charge in [0.25, 0.3) is 0 Å². The lowest BCUT2D eigenvalue weighted by Crippen LogP contribution is -2.66. The average Bonchev–Trinajstić information content (AvgIpc) is 2.18. The van der Waals surface area contributed by atoms with Crippen LogP contribution in [-0.4, -0.2) is 58.4 Å². The first-order valence-corrected chi connectivity index (χ1v) is 4.62. The number of nitrogens with two attached hydrogens (primary N) is 1. The minimum Gasteiger partial charge on any atom is -0.394 e. The molecule has 15 heavy (non-hydrogen) atoms. The zero-order chi connectivity index (χ0) is 11.6. The molecule has 3 unspecified atom stereocenters. The van der Waals surface area contributed by atoms with E-state index in [2.05, 4.69) is 5.32 Å². The minimum atomic E-state index is -1.27. The molecule has 7 heteroatoms. The van der Waals surface area contributed by atoms with Gasteiger partial charge in [-0.2, -0.15) is 0 Å². The van der Waals surface area contributed by atoms with Gasteiger partial charge in [-0.15, -0.1) is 0 Å². The lowest BCUT2D eigenvalue weighted by molar-refractivity contribution is -0.193. The molecule has 5 atom stereocenters. The number of rotatable bonds is 2. The summed E-state index contributed by atoms with van der Waals surface area (Å²) in [6.45, 7) is 0.822. The lowest BCUT2D eigenvalue weighted by atomic mass is 9.96. The summed E-state index contributed by atoms with van der Waals surface area (Å²) in [6, 6.07) is -0.875. The Morgan fingerprint density at radius 2 is 2.07 bits per heavy atom. The zero-order valence-corrected chi connectivity index (χ0v) is 8.33. The Balaban J connectivity index is 2.70. The van der Waals surface area contributed by atoms with E-state index in [0.717, 1.165) is 0 Å². The number of aliphatic hydroxyl groups excluding tert-OH is 3. The SMILES string of the molecule is CC(=O)NC1C(O)[C@H](O)C(CO)O[C@H]1N. The Bertz CT molecular complexity index is 237. The predicted molar refractivity (Wildman–Crippen MR) is 49.6 cm³/mol. The highest BCUT2D eigenvalue weighted by atomic mass is 16.5. The van der Waals surface area contributed by atoms with Gasteiger partial charge in [0, 0.05) is 6.92 Å². The monoisotopic (exact) mass is 220 g/mol. The number of hydrogen-bond acceptors (Lipinski definition) is 6. The minimum absolute atomic E-state index is 0.382. The second kappa shape index (κ2) is 4.86. The quantitative estimate of drug-likeness (QED) is 0.335. The molecule has 0 aromatic rings. The second-order valence-electron chi connectivity index (χ2n) is 3.53. The number of amides is 1. The first kappa shape index (κ1) is 12.3. The summed E-state index contributed by atoms with van der Waals surface area (Å²) in [4.78, 5) is 10.8. The fourth-order valence-corrected chi connectivity index (χ4v) is 1.55. The molecule has 0 aliphatic carbocycles. The Hall–Kier alpha value is -0.730. The van der Waals surface area contributed by atoms with E-state index in [1.807, 2.05) is 0 Å². The fraction of sp³-hybridized carbons (Fsp3) is 0.875. The molecule has 0 bridgehead atoms. The molecule has 1 saturated heterocycles. The summed E-state index contributed by atoms with van der Waals surface area (Å²) in [5.74, 6) is -0.382. The molecule has 0 aromatic heterocycles. The summed E-state index contributed by atoms with van der Waals surface area (Å²) in [5, 5.41) is 30.3. The van der Waals surface area contributed by atoms with Crippen molar-refractivity contribution in [2.24, 2.45) is 5.73 Å². The molecule has 1 amide bonds. The van der Waals surface area contributed by atoms with E-state index in [4.69, 9.17) is 15.6 Å². The first-order chi connectivity index (χ1) is 6.97. The van der Waals surface area contributed by atoms with Gasteiger partial charge >= 0.3 is 0 Å². The van der Waals surface area contributed by atoms with Crippen LogP contribution in [0.3, 0.4) is 0 Å². The fourth-order valence-electron chi connectivity index (χ4n) is 1.55. The molecule has 6 N–H and O–H groups in total.